The molecule has 1 saturated heterocycles. The lowest BCUT2D eigenvalue weighted by Gasteiger charge is -2.19. The summed E-state index contributed by atoms with van der Waals surface area (Å²) in [6, 6.07) is 8.41. The summed E-state index contributed by atoms with van der Waals surface area (Å²) in [6.45, 7) is 8.14. The first-order valence-electron chi connectivity index (χ1n) is 8.16. The second-order valence-corrected chi connectivity index (χ2v) is 6.63. The topological polar surface area (TPSA) is 64.2 Å². The lowest BCUT2D eigenvalue weighted by molar-refractivity contribution is 0.0921. The summed E-state index contributed by atoms with van der Waals surface area (Å²) in [5, 5.41) is 4.32. The Labute approximate surface area is 137 Å². The number of hydrogen-bond donors (Lipinski definition) is 1. The van der Waals surface area contributed by atoms with Crippen molar-refractivity contribution in [2.75, 3.05) is 18.8 Å². The molecule has 0 aliphatic carbocycles. The lowest BCUT2D eigenvalue weighted by Crippen LogP contribution is -2.29. The van der Waals surface area contributed by atoms with Crippen LogP contribution < -0.4 is 5.73 Å². The Morgan fingerprint density at radius 3 is 2.61 bits per heavy atom. The summed E-state index contributed by atoms with van der Waals surface area (Å²) in [7, 11) is 0. The first-order chi connectivity index (χ1) is 11.0. The van der Waals surface area contributed by atoms with E-state index < -0.39 is 0 Å². The molecule has 1 fully saturated rings. The Morgan fingerprint density at radius 1 is 1.30 bits per heavy atom. The number of carbonyl (C=O) groups excluding carboxylic acids is 1. The van der Waals surface area contributed by atoms with Gasteiger partial charge in [-0.2, -0.15) is 5.10 Å². The fraction of sp³-hybridized carbons (Fsp3) is 0.444. The van der Waals surface area contributed by atoms with Crippen molar-refractivity contribution in [3.8, 4) is 5.69 Å². The van der Waals surface area contributed by atoms with Gasteiger partial charge in [0.2, 0.25) is 0 Å². The maximum Gasteiger partial charge on any atom is 0.172 e. The van der Waals surface area contributed by atoms with Crippen molar-refractivity contribution >= 4 is 11.6 Å². The average Bonchev–Trinajstić information content (AvgIpc) is 3.15. The molecule has 5 nitrogen and oxygen atoms in total. The van der Waals surface area contributed by atoms with E-state index in [0.29, 0.717) is 17.4 Å². The van der Waals surface area contributed by atoms with Gasteiger partial charge >= 0.3 is 0 Å². The number of aromatic nitrogens is 2. The molecule has 3 rings (SSSR count). The number of nitrogen functional groups attached to an aromatic ring is 1. The monoisotopic (exact) mass is 312 g/mol. The van der Waals surface area contributed by atoms with Crippen LogP contribution in [-0.4, -0.2) is 39.6 Å². The van der Waals surface area contributed by atoms with Crippen molar-refractivity contribution in [3.63, 3.8) is 0 Å². The van der Waals surface area contributed by atoms with Crippen molar-refractivity contribution in [1.82, 2.24) is 14.7 Å². The molecular formula is C18H24N4O. The Kier molecular flexibility index (Phi) is 4.22. The summed E-state index contributed by atoms with van der Waals surface area (Å²) in [6.07, 6.45) is 2.50. The Balaban J connectivity index is 1.82. The van der Waals surface area contributed by atoms with Crippen LogP contribution in [0.1, 0.15) is 36.2 Å². The van der Waals surface area contributed by atoms with Gasteiger partial charge in [-0.25, -0.2) is 4.68 Å². The van der Waals surface area contributed by atoms with E-state index >= 15 is 0 Å². The normalized spacial score (nSPS) is 18.7. The molecule has 1 aromatic carbocycles. The zero-order chi connectivity index (χ0) is 16.6. The van der Waals surface area contributed by atoms with E-state index in [4.69, 9.17) is 5.73 Å². The largest absolute Gasteiger partial charge is 0.383 e. The lowest BCUT2D eigenvalue weighted by atomic mass is 9.98. The number of nitrogens with two attached hydrogens (primary N) is 1. The molecule has 2 heterocycles. The van der Waals surface area contributed by atoms with E-state index in [-0.39, 0.29) is 11.7 Å². The Morgan fingerprint density at radius 2 is 2.00 bits per heavy atom. The average molecular weight is 312 g/mol. The third kappa shape index (κ3) is 3.01. The minimum absolute atomic E-state index is 0.0235. The van der Waals surface area contributed by atoms with Gasteiger partial charge in [-0.05, 0) is 45.9 Å². The first kappa shape index (κ1) is 15.7. The molecule has 23 heavy (non-hydrogen) atoms. The molecule has 1 aliphatic heterocycles. The van der Waals surface area contributed by atoms with Gasteiger partial charge in [-0.3, -0.25) is 4.79 Å². The molecule has 0 saturated carbocycles. The number of aryl methyl sites for hydroxylation is 1. The number of rotatable bonds is 4. The minimum atomic E-state index is 0.0235. The second kappa shape index (κ2) is 6.16. The maximum atomic E-state index is 12.8. The van der Waals surface area contributed by atoms with Crippen LogP contribution in [0.2, 0.25) is 0 Å². The summed E-state index contributed by atoms with van der Waals surface area (Å²) in [5.41, 5.74) is 8.80. The van der Waals surface area contributed by atoms with Crippen LogP contribution in [0, 0.1) is 12.8 Å². The molecule has 0 radical (unpaired) electrons. The van der Waals surface area contributed by atoms with Crippen LogP contribution in [0.5, 0.6) is 0 Å². The van der Waals surface area contributed by atoms with Crippen molar-refractivity contribution in [1.29, 1.82) is 0 Å². The smallest absolute Gasteiger partial charge is 0.172 e. The van der Waals surface area contributed by atoms with Gasteiger partial charge in [0.05, 0.1) is 17.4 Å². The molecule has 0 amide bonds. The minimum Gasteiger partial charge on any atom is -0.383 e. The van der Waals surface area contributed by atoms with E-state index in [1.807, 2.05) is 31.2 Å². The molecule has 0 bridgehead atoms. The predicted molar refractivity (Wildman–Crippen MR) is 91.9 cm³/mol. The molecule has 2 aromatic rings. The highest BCUT2D eigenvalue weighted by Gasteiger charge is 2.32. The number of nitrogens with zero attached hydrogens (tertiary/aromatic N) is 3. The molecule has 122 valence electrons. The van der Waals surface area contributed by atoms with Crippen LogP contribution in [0.25, 0.3) is 5.69 Å². The standard InChI is InChI=1S/C18H24N4O/c1-12(2)21-9-8-14(11-21)17(23)16-10-20-22(18(16)19)15-6-4-13(3)5-7-15/h4-7,10,12,14H,8-9,11,19H2,1-3H3. The molecule has 2 N–H and O–H groups in total. The van der Waals surface area contributed by atoms with Crippen LogP contribution in [-0.2, 0) is 0 Å². The fourth-order valence-corrected chi connectivity index (χ4v) is 3.13. The summed E-state index contributed by atoms with van der Waals surface area (Å²) >= 11 is 0. The quantitative estimate of drug-likeness (QED) is 0.882. The van der Waals surface area contributed by atoms with Crippen molar-refractivity contribution in [3.05, 3.63) is 41.6 Å². The van der Waals surface area contributed by atoms with Crippen LogP contribution in [0.3, 0.4) is 0 Å². The highest BCUT2D eigenvalue weighted by molar-refractivity contribution is 6.02. The molecule has 1 aliphatic rings. The van der Waals surface area contributed by atoms with Gasteiger partial charge in [0.1, 0.15) is 5.82 Å². The number of hydrogen-bond acceptors (Lipinski definition) is 4. The maximum absolute atomic E-state index is 12.8. The summed E-state index contributed by atoms with van der Waals surface area (Å²) in [5.74, 6) is 0.571. The third-order valence-corrected chi connectivity index (χ3v) is 4.67. The van der Waals surface area contributed by atoms with Gasteiger partial charge in [0.25, 0.3) is 0 Å². The molecule has 1 atom stereocenters. The van der Waals surface area contributed by atoms with Crippen molar-refractivity contribution in [2.24, 2.45) is 5.92 Å². The van der Waals surface area contributed by atoms with Crippen LogP contribution in [0.15, 0.2) is 30.5 Å². The van der Waals surface area contributed by atoms with Gasteiger partial charge in [0.15, 0.2) is 5.78 Å². The van der Waals surface area contributed by atoms with Crippen LogP contribution >= 0.6 is 0 Å². The van der Waals surface area contributed by atoms with E-state index in [1.165, 1.54) is 5.56 Å². The molecule has 5 heteroatoms. The second-order valence-electron chi connectivity index (χ2n) is 6.63. The van der Waals surface area contributed by atoms with Gasteiger partial charge in [-0.1, -0.05) is 17.7 Å². The fourth-order valence-electron chi connectivity index (χ4n) is 3.13. The Hall–Kier alpha value is -2.14. The van der Waals surface area contributed by atoms with Gasteiger partial charge < -0.3 is 10.6 Å². The van der Waals surface area contributed by atoms with Gasteiger partial charge in [0, 0.05) is 18.5 Å². The first-order valence-corrected chi connectivity index (χ1v) is 8.16. The van der Waals surface area contributed by atoms with E-state index in [2.05, 4.69) is 23.8 Å². The number of carbonyl (C=O) groups is 1. The van der Waals surface area contributed by atoms with E-state index in [0.717, 1.165) is 25.2 Å². The molecule has 1 aromatic heterocycles. The van der Waals surface area contributed by atoms with E-state index in [9.17, 15) is 4.79 Å². The van der Waals surface area contributed by atoms with E-state index in [1.54, 1.807) is 10.9 Å². The number of benzene rings is 1. The molecule has 1 unspecified atom stereocenters. The summed E-state index contributed by atoms with van der Waals surface area (Å²) in [4.78, 5) is 15.1. The third-order valence-electron chi connectivity index (χ3n) is 4.67. The van der Waals surface area contributed by atoms with Gasteiger partial charge in [-0.15, -0.1) is 0 Å². The Bertz CT molecular complexity index is 702. The highest BCUT2D eigenvalue weighted by Crippen LogP contribution is 2.26. The predicted octanol–water partition coefficient (Wildman–Crippen LogP) is 2.68. The zero-order valence-electron chi connectivity index (χ0n) is 14.0. The van der Waals surface area contributed by atoms with Crippen molar-refractivity contribution in [2.45, 2.75) is 33.2 Å². The number of ketones is 1. The number of anilines is 1. The summed E-state index contributed by atoms with van der Waals surface area (Å²) < 4.78 is 1.64. The zero-order valence-corrected chi connectivity index (χ0v) is 14.0. The molecule has 0 spiro atoms. The SMILES string of the molecule is Cc1ccc(-n2ncc(C(=O)C3CCN(C(C)C)C3)c2N)cc1. The number of likely N-dealkylation sites (tertiary alicyclic amines) is 1. The number of Topliss-reactive ketones (excluding diaryl/α,β-unsaturated/α-hetero) is 1. The van der Waals surface area contributed by atoms with Crippen LogP contribution in [0.4, 0.5) is 5.82 Å². The molecular weight excluding hydrogens is 288 g/mol. The van der Waals surface area contributed by atoms with Crippen molar-refractivity contribution < 1.29 is 4.79 Å². The highest BCUT2D eigenvalue weighted by atomic mass is 16.1.